The van der Waals surface area contributed by atoms with Crippen molar-refractivity contribution in [2.24, 2.45) is 0 Å². The molecule has 0 unspecified atom stereocenters. The molecule has 0 aliphatic carbocycles. The Balaban J connectivity index is 0.000000114. The van der Waals surface area contributed by atoms with Crippen molar-refractivity contribution in [3.8, 4) is 96.3 Å². The first-order valence-electron chi connectivity index (χ1n) is 28.8. The Kier molecular flexibility index (Phi) is 16.8. The monoisotopic (exact) mass is 1280 g/mol. The van der Waals surface area contributed by atoms with Crippen LogP contribution in [0.15, 0.2) is 189 Å². The van der Waals surface area contributed by atoms with Gasteiger partial charge in [-0.15, -0.1) is 13.2 Å². The third kappa shape index (κ3) is 13.2. The molecule has 8 aromatic heterocycles. The predicted octanol–water partition coefficient (Wildman–Crippen LogP) is 14.0. The summed E-state index contributed by atoms with van der Waals surface area (Å²) in [4.78, 5) is 30.7. The average molecular weight is 1280 g/mol. The van der Waals surface area contributed by atoms with E-state index in [1.807, 2.05) is 122 Å². The average Bonchev–Trinajstić information content (AvgIpc) is 1.67. The van der Waals surface area contributed by atoms with Gasteiger partial charge in [-0.05, 0) is 133 Å². The number of aromatic nitrogens is 20. The van der Waals surface area contributed by atoms with Gasteiger partial charge in [0.05, 0.1) is 39.1 Å². The number of alkyl halides is 3. The molecule has 16 rings (SSSR count). The molecule has 0 radical (unpaired) electrons. The van der Waals surface area contributed by atoms with Crippen LogP contribution in [0.25, 0.3) is 134 Å². The van der Waals surface area contributed by atoms with Gasteiger partial charge in [0.1, 0.15) is 42.1 Å². The van der Waals surface area contributed by atoms with Gasteiger partial charge in [0, 0.05) is 97.2 Å². The number of nitrogens with one attached hydrogen (secondary N) is 8. The fourth-order valence-electron chi connectivity index (χ4n) is 10.2. The first-order valence-corrected chi connectivity index (χ1v) is 29.2. The Labute approximate surface area is 533 Å². The summed E-state index contributed by atoms with van der Waals surface area (Å²) in [5.41, 5.74) is 14.0. The number of hydrogen-bond acceptors (Lipinski definition) is 14. The fraction of sp³-hybridized carbons (Fsp3) is 0.0758. The zero-order chi connectivity index (χ0) is 64.9. The third-order valence-corrected chi connectivity index (χ3v) is 15.1. The van der Waals surface area contributed by atoms with Crippen LogP contribution in [0.2, 0.25) is 5.02 Å². The van der Waals surface area contributed by atoms with E-state index in [1.54, 1.807) is 43.3 Å². The molecule has 466 valence electrons. The first-order chi connectivity index (χ1) is 45.7. The number of aryl methyl sites for hydroxylation is 1. The van der Waals surface area contributed by atoms with Gasteiger partial charge in [0.15, 0.2) is 23.3 Å². The molecule has 0 atom stereocenters. The zero-order valence-electron chi connectivity index (χ0n) is 49.6. The van der Waals surface area contributed by atoms with Crippen molar-refractivity contribution in [1.29, 1.82) is 0 Å². The number of amides is 1. The number of carbonyl (C=O) groups excluding carboxylic acids is 1. The molecule has 1 amide bonds. The van der Waals surface area contributed by atoms with Crippen molar-refractivity contribution < 1.29 is 27.1 Å². The Morgan fingerprint density at radius 1 is 0.468 bits per heavy atom. The van der Waals surface area contributed by atoms with Gasteiger partial charge in [-0.2, -0.15) is 40.8 Å². The topological polar surface area (TPSA) is 311 Å². The lowest BCUT2D eigenvalue weighted by Gasteiger charge is -2.10. The molecular formula is C66H50ClF4N21O2. The second-order valence-electron chi connectivity index (χ2n) is 21.2. The minimum absolute atomic E-state index is 0.0379. The number of carbonyl (C=O) groups is 1. The van der Waals surface area contributed by atoms with Crippen molar-refractivity contribution in [1.82, 2.24) is 106 Å². The highest BCUT2D eigenvalue weighted by molar-refractivity contribution is 6.30. The highest BCUT2D eigenvalue weighted by atomic mass is 35.5. The Morgan fingerprint density at radius 2 is 0.883 bits per heavy atom. The van der Waals surface area contributed by atoms with Gasteiger partial charge in [-0.3, -0.25) is 45.6 Å². The highest BCUT2D eigenvalue weighted by Crippen LogP contribution is 2.36. The number of aromatic amines is 8. The predicted molar refractivity (Wildman–Crippen MR) is 347 cm³/mol. The summed E-state index contributed by atoms with van der Waals surface area (Å²) in [6, 6.07) is 50.4. The molecule has 8 aromatic carbocycles. The summed E-state index contributed by atoms with van der Waals surface area (Å²) < 4.78 is 54.3. The van der Waals surface area contributed by atoms with Crippen molar-refractivity contribution >= 4 is 61.1 Å². The van der Waals surface area contributed by atoms with E-state index in [9.17, 15) is 22.4 Å². The molecule has 0 bridgehead atoms. The van der Waals surface area contributed by atoms with Crippen LogP contribution >= 0.6 is 11.6 Å². The van der Waals surface area contributed by atoms with E-state index in [4.69, 9.17) is 11.6 Å². The quantitative estimate of drug-likeness (QED) is 0.0559. The van der Waals surface area contributed by atoms with Gasteiger partial charge < -0.3 is 9.64 Å². The smallest absolute Gasteiger partial charge is 0.406 e. The minimum Gasteiger partial charge on any atom is -0.406 e. The number of halogens is 5. The Bertz CT molecular complexity index is 5250. The number of rotatable bonds is 11. The van der Waals surface area contributed by atoms with Crippen LogP contribution in [0.3, 0.4) is 0 Å². The molecule has 0 saturated heterocycles. The maximum absolute atomic E-state index is 13.1. The molecule has 28 heteroatoms. The van der Waals surface area contributed by atoms with Gasteiger partial charge in [-0.1, -0.05) is 54.9 Å². The molecule has 16 aromatic rings. The summed E-state index contributed by atoms with van der Waals surface area (Å²) in [7, 11) is 3.48. The van der Waals surface area contributed by atoms with Crippen molar-refractivity contribution in [3.63, 3.8) is 0 Å². The molecule has 23 nitrogen and oxygen atoms in total. The Morgan fingerprint density at radius 3 is 1.31 bits per heavy atom. The van der Waals surface area contributed by atoms with E-state index in [-0.39, 0.29) is 17.5 Å². The second kappa shape index (κ2) is 26.1. The molecule has 8 heterocycles. The zero-order valence-corrected chi connectivity index (χ0v) is 50.4. The number of benzene rings is 8. The van der Waals surface area contributed by atoms with E-state index >= 15 is 0 Å². The van der Waals surface area contributed by atoms with E-state index in [0.29, 0.717) is 39.3 Å². The van der Waals surface area contributed by atoms with Crippen LogP contribution in [0, 0.1) is 5.82 Å². The van der Waals surface area contributed by atoms with Gasteiger partial charge >= 0.3 is 6.36 Å². The van der Waals surface area contributed by atoms with Crippen LogP contribution in [0.4, 0.5) is 17.6 Å². The lowest BCUT2D eigenvalue weighted by molar-refractivity contribution is -0.274. The molecule has 0 spiro atoms. The number of ether oxygens (including phenoxy) is 1. The maximum atomic E-state index is 13.1. The minimum atomic E-state index is -4.74. The lowest BCUT2D eigenvalue weighted by atomic mass is 10.0. The van der Waals surface area contributed by atoms with Gasteiger partial charge in [0.25, 0.3) is 5.91 Å². The van der Waals surface area contributed by atoms with Gasteiger partial charge in [-0.25, -0.2) is 24.3 Å². The second-order valence-corrected chi connectivity index (χ2v) is 21.6. The van der Waals surface area contributed by atoms with Crippen LogP contribution in [0.5, 0.6) is 5.75 Å². The third-order valence-electron chi connectivity index (χ3n) is 14.8. The van der Waals surface area contributed by atoms with E-state index in [2.05, 4.69) is 106 Å². The number of hydrogen-bond donors (Lipinski definition) is 8. The standard InChI is InChI=1S/C18H16N6O.C17H14FN5.C16H10F3N5O.C15H10ClN5/c1-24(2)18(25)13-5-3-4-11(8-13)16-14-9-12(17-19-10-20-23-17)6-7-15(14)21-22-16;1-2-15-19-17(23-21-15)11-5-8-14-13(9-11)16(22-20-14)10-3-6-12(18)7-4-10;17-16(18,19)25-11-3-1-2-9(6-11)14-12-7-10(15-20-8-21-24-15)4-5-13(12)22-23-14;16-11-4-1-9(2-5-11)14-12-7-10(15-17-8-18-21-15)3-6-13(12)19-20-14/h3-10H,1-2H3,(H,21,22)(H,19,20,23);3-9H,2H2,1H3,(H,20,22)(H,19,21,23);1-8H,(H,22,23)(H,20,21,24);1-8H,(H,19,20)(H,17,18,21). The van der Waals surface area contributed by atoms with Crippen LogP contribution in [-0.4, -0.2) is 133 Å². The summed E-state index contributed by atoms with van der Waals surface area (Å²) in [5, 5.41) is 61.0. The van der Waals surface area contributed by atoms with E-state index in [1.165, 1.54) is 49.3 Å². The SMILES string of the molecule is CCc1nc(-c2ccc3[nH]nc(-c4ccc(F)cc4)c3c2)n[nH]1.CN(C)C(=O)c1cccc(-c2n[nH]c3ccc(-c4ncn[nH]4)cc23)c1.Clc1ccc(-c2n[nH]c3ccc(-c4ncn[nH]4)cc23)cc1.FC(F)(F)Oc1cccc(-c2n[nH]c3ccc(-c4ncn[nH]4)cc23)c1. The lowest BCUT2D eigenvalue weighted by Crippen LogP contribution is -2.21. The first kappa shape index (κ1) is 60.4. The molecule has 0 aliphatic rings. The largest absolute Gasteiger partial charge is 0.573 e. The van der Waals surface area contributed by atoms with E-state index < -0.39 is 6.36 Å². The molecule has 94 heavy (non-hydrogen) atoms. The van der Waals surface area contributed by atoms with Crippen molar-refractivity contribution in [2.45, 2.75) is 19.7 Å². The molecule has 0 fully saturated rings. The highest BCUT2D eigenvalue weighted by Gasteiger charge is 2.31. The molecule has 0 aliphatic heterocycles. The summed E-state index contributed by atoms with van der Waals surface area (Å²) in [6.07, 6.45) is 0.433. The summed E-state index contributed by atoms with van der Waals surface area (Å²) in [5.74, 6) is 2.94. The number of fused-ring (bicyclic) bond motifs is 4. The molecular weight excluding hydrogens is 1230 g/mol. The molecule has 0 saturated carbocycles. The summed E-state index contributed by atoms with van der Waals surface area (Å²) in [6.45, 7) is 2.02. The van der Waals surface area contributed by atoms with Crippen LogP contribution in [0.1, 0.15) is 23.1 Å². The Hall–Kier alpha value is -12.5. The van der Waals surface area contributed by atoms with Crippen molar-refractivity contribution in [2.75, 3.05) is 14.1 Å². The maximum Gasteiger partial charge on any atom is 0.573 e. The van der Waals surface area contributed by atoms with Crippen LogP contribution < -0.4 is 4.74 Å². The number of nitrogens with zero attached hydrogens (tertiary/aromatic N) is 13. The van der Waals surface area contributed by atoms with E-state index in [0.717, 1.165) is 118 Å². The number of H-pyrrole nitrogens is 8. The summed E-state index contributed by atoms with van der Waals surface area (Å²) >= 11 is 5.94. The fourth-order valence-corrected chi connectivity index (χ4v) is 10.4. The van der Waals surface area contributed by atoms with Gasteiger partial charge in [0.2, 0.25) is 0 Å². The van der Waals surface area contributed by atoms with Crippen LogP contribution in [-0.2, 0) is 6.42 Å². The molecule has 8 N–H and O–H groups in total. The van der Waals surface area contributed by atoms with Crippen molar-refractivity contribution in [3.05, 3.63) is 211 Å². The normalized spacial score (nSPS) is 11.3.